The Morgan fingerprint density at radius 3 is 2.26 bits per heavy atom. The van der Waals surface area contributed by atoms with Gasteiger partial charge in [-0.3, -0.25) is 9.59 Å². The molecular formula is C19H27NO3. The molecule has 23 heavy (non-hydrogen) atoms. The lowest BCUT2D eigenvalue weighted by atomic mass is 9.97. The minimum absolute atomic E-state index is 0.0254. The van der Waals surface area contributed by atoms with Crippen molar-refractivity contribution in [2.75, 3.05) is 6.61 Å². The van der Waals surface area contributed by atoms with E-state index in [4.69, 9.17) is 4.74 Å². The zero-order valence-corrected chi connectivity index (χ0v) is 14.0. The van der Waals surface area contributed by atoms with E-state index >= 15 is 0 Å². The molecule has 0 heterocycles. The Bertz CT molecular complexity index is 502. The van der Waals surface area contributed by atoms with Crippen LogP contribution in [0.3, 0.4) is 0 Å². The molecule has 1 amide bonds. The molecule has 0 atom stereocenters. The van der Waals surface area contributed by atoms with Crippen LogP contribution in [0, 0.1) is 0 Å². The van der Waals surface area contributed by atoms with Crippen molar-refractivity contribution in [3.8, 4) is 5.75 Å². The molecule has 0 spiro atoms. The average molecular weight is 317 g/mol. The fraction of sp³-hybridized carbons (Fsp3) is 0.579. The molecule has 1 aromatic carbocycles. The summed E-state index contributed by atoms with van der Waals surface area (Å²) in [6, 6.07) is 7.26. The highest BCUT2D eigenvalue weighted by molar-refractivity contribution is 5.95. The molecule has 0 bridgehead atoms. The van der Waals surface area contributed by atoms with Gasteiger partial charge < -0.3 is 10.1 Å². The maximum atomic E-state index is 12.0. The van der Waals surface area contributed by atoms with Crippen molar-refractivity contribution in [1.29, 1.82) is 0 Å². The Morgan fingerprint density at radius 2 is 1.65 bits per heavy atom. The molecule has 0 unspecified atom stereocenters. The van der Waals surface area contributed by atoms with Crippen LogP contribution in [-0.4, -0.2) is 24.3 Å². The highest BCUT2D eigenvalue weighted by Gasteiger charge is 2.14. The summed E-state index contributed by atoms with van der Waals surface area (Å²) in [5.74, 6) is 0.660. The molecule has 1 aliphatic carbocycles. The Hall–Kier alpha value is -1.84. The van der Waals surface area contributed by atoms with Crippen molar-refractivity contribution in [2.24, 2.45) is 0 Å². The van der Waals surface area contributed by atoms with E-state index in [0.717, 1.165) is 12.8 Å². The van der Waals surface area contributed by atoms with Crippen LogP contribution in [-0.2, 0) is 4.79 Å². The van der Waals surface area contributed by atoms with Gasteiger partial charge in [0.05, 0.1) is 0 Å². The summed E-state index contributed by atoms with van der Waals surface area (Å²) in [4.78, 5) is 23.6. The SMILES string of the molecule is CCC(=O)c1ccc(OCC(=O)NC2CCCCCCC2)cc1. The van der Waals surface area contributed by atoms with Gasteiger partial charge in [-0.2, -0.15) is 0 Å². The Balaban J connectivity index is 1.76. The van der Waals surface area contributed by atoms with Gasteiger partial charge in [0.2, 0.25) is 0 Å². The van der Waals surface area contributed by atoms with E-state index in [9.17, 15) is 9.59 Å². The van der Waals surface area contributed by atoms with E-state index < -0.39 is 0 Å². The zero-order chi connectivity index (χ0) is 16.5. The first-order chi connectivity index (χ1) is 11.2. The lowest BCUT2D eigenvalue weighted by Gasteiger charge is -2.21. The maximum absolute atomic E-state index is 12.0. The number of Topliss-reactive ketones (excluding diaryl/α,β-unsaturated/α-hetero) is 1. The van der Waals surface area contributed by atoms with Crippen LogP contribution in [0.5, 0.6) is 5.75 Å². The molecule has 0 saturated heterocycles. The first-order valence-electron chi connectivity index (χ1n) is 8.74. The van der Waals surface area contributed by atoms with Crippen LogP contribution in [0.2, 0.25) is 0 Å². The fourth-order valence-electron chi connectivity index (χ4n) is 2.96. The number of benzene rings is 1. The fourth-order valence-corrected chi connectivity index (χ4v) is 2.96. The number of hydrogen-bond donors (Lipinski definition) is 1. The van der Waals surface area contributed by atoms with Gasteiger partial charge in [0.1, 0.15) is 5.75 Å². The number of carbonyl (C=O) groups excluding carboxylic acids is 2. The second kappa shape index (κ2) is 9.33. The lowest BCUT2D eigenvalue weighted by Crippen LogP contribution is -2.38. The second-order valence-corrected chi connectivity index (χ2v) is 6.20. The average Bonchev–Trinajstić information content (AvgIpc) is 2.55. The minimum atomic E-state index is -0.0655. The standard InChI is InChI=1S/C19H27NO3/c1-2-18(21)15-10-12-17(13-11-15)23-14-19(22)20-16-8-6-4-3-5-7-9-16/h10-13,16H,2-9,14H2,1H3,(H,20,22). The van der Waals surface area contributed by atoms with E-state index in [-0.39, 0.29) is 24.3 Å². The van der Waals surface area contributed by atoms with Crippen LogP contribution in [0.4, 0.5) is 0 Å². The summed E-state index contributed by atoms with van der Waals surface area (Å²) in [5, 5.41) is 3.08. The van der Waals surface area contributed by atoms with Crippen molar-refractivity contribution < 1.29 is 14.3 Å². The third-order valence-electron chi connectivity index (χ3n) is 4.34. The van der Waals surface area contributed by atoms with Crippen LogP contribution >= 0.6 is 0 Å². The predicted octanol–water partition coefficient (Wildman–Crippen LogP) is 3.89. The zero-order valence-electron chi connectivity index (χ0n) is 14.0. The summed E-state index contributed by atoms with van der Waals surface area (Å²) in [7, 11) is 0. The quantitative estimate of drug-likeness (QED) is 0.810. The molecule has 1 fully saturated rings. The van der Waals surface area contributed by atoms with Gasteiger partial charge in [-0.05, 0) is 37.1 Å². The molecular weight excluding hydrogens is 290 g/mol. The summed E-state index contributed by atoms with van der Waals surface area (Å²) in [6.07, 6.45) is 8.87. The lowest BCUT2D eigenvalue weighted by molar-refractivity contribution is -0.123. The van der Waals surface area contributed by atoms with Gasteiger partial charge in [-0.15, -0.1) is 0 Å². The van der Waals surface area contributed by atoms with E-state index in [1.165, 1.54) is 32.1 Å². The molecule has 1 N–H and O–H groups in total. The van der Waals surface area contributed by atoms with Gasteiger partial charge in [0.25, 0.3) is 5.91 Å². The van der Waals surface area contributed by atoms with Crippen LogP contribution in [0.1, 0.15) is 68.6 Å². The molecule has 2 rings (SSSR count). The van der Waals surface area contributed by atoms with E-state index in [1.54, 1.807) is 24.3 Å². The molecule has 1 saturated carbocycles. The van der Waals surface area contributed by atoms with Crippen LogP contribution in [0.15, 0.2) is 24.3 Å². The smallest absolute Gasteiger partial charge is 0.258 e. The summed E-state index contributed by atoms with van der Waals surface area (Å²) in [6.45, 7) is 1.87. The number of ketones is 1. The van der Waals surface area contributed by atoms with Gasteiger partial charge in [-0.25, -0.2) is 0 Å². The summed E-state index contributed by atoms with van der Waals surface area (Å²) in [5.41, 5.74) is 0.679. The second-order valence-electron chi connectivity index (χ2n) is 6.20. The topological polar surface area (TPSA) is 55.4 Å². The number of nitrogens with one attached hydrogen (secondary N) is 1. The first-order valence-corrected chi connectivity index (χ1v) is 8.74. The molecule has 4 nitrogen and oxygen atoms in total. The molecule has 0 radical (unpaired) electrons. The monoisotopic (exact) mass is 317 g/mol. The highest BCUT2D eigenvalue weighted by atomic mass is 16.5. The number of carbonyl (C=O) groups is 2. The largest absolute Gasteiger partial charge is 0.484 e. The third kappa shape index (κ3) is 6.05. The molecule has 1 aliphatic rings. The first kappa shape index (κ1) is 17.5. The van der Waals surface area contributed by atoms with E-state index in [0.29, 0.717) is 17.7 Å². The van der Waals surface area contributed by atoms with E-state index in [2.05, 4.69) is 5.32 Å². The Labute approximate surface area is 138 Å². The third-order valence-corrected chi connectivity index (χ3v) is 4.34. The Morgan fingerprint density at radius 1 is 1.04 bits per heavy atom. The summed E-state index contributed by atoms with van der Waals surface area (Å²) < 4.78 is 5.51. The maximum Gasteiger partial charge on any atom is 0.258 e. The van der Waals surface area contributed by atoms with Gasteiger partial charge in [0.15, 0.2) is 12.4 Å². The molecule has 126 valence electrons. The molecule has 0 aliphatic heterocycles. The van der Waals surface area contributed by atoms with Crippen molar-refractivity contribution >= 4 is 11.7 Å². The van der Waals surface area contributed by atoms with E-state index in [1.807, 2.05) is 6.92 Å². The molecule has 0 aromatic heterocycles. The van der Waals surface area contributed by atoms with Crippen molar-refractivity contribution in [3.05, 3.63) is 29.8 Å². The van der Waals surface area contributed by atoms with Crippen molar-refractivity contribution in [2.45, 2.75) is 64.3 Å². The Kier molecular flexibility index (Phi) is 7.11. The van der Waals surface area contributed by atoms with Crippen LogP contribution < -0.4 is 10.1 Å². The van der Waals surface area contributed by atoms with Crippen LogP contribution in [0.25, 0.3) is 0 Å². The summed E-state index contributed by atoms with van der Waals surface area (Å²) >= 11 is 0. The van der Waals surface area contributed by atoms with Crippen molar-refractivity contribution in [3.63, 3.8) is 0 Å². The molecule has 4 heteroatoms. The highest BCUT2D eigenvalue weighted by Crippen LogP contribution is 2.17. The number of ether oxygens (including phenoxy) is 1. The van der Waals surface area contributed by atoms with Crippen molar-refractivity contribution in [1.82, 2.24) is 5.32 Å². The number of amides is 1. The van der Waals surface area contributed by atoms with Gasteiger partial charge in [-0.1, -0.05) is 39.0 Å². The molecule has 1 aromatic rings. The predicted molar refractivity (Wildman–Crippen MR) is 90.8 cm³/mol. The number of hydrogen-bond acceptors (Lipinski definition) is 3. The minimum Gasteiger partial charge on any atom is -0.484 e. The normalized spacial score (nSPS) is 16.2. The van der Waals surface area contributed by atoms with Gasteiger partial charge in [0, 0.05) is 18.0 Å². The number of rotatable bonds is 6. The van der Waals surface area contributed by atoms with Gasteiger partial charge >= 0.3 is 0 Å².